The van der Waals surface area contributed by atoms with E-state index in [0.29, 0.717) is 0 Å². The second kappa shape index (κ2) is 4.86. The first-order chi connectivity index (χ1) is 7.62. The highest BCUT2D eigenvalue weighted by Crippen LogP contribution is 2.39. The van der Waals surface area contributed by atoms with Crippen LogP contribution in [-0.4, -0.2) is 15.8 Å². The van der Waals surface area contributed by atoms with Crippen molar-refractivity contribution in [1.82, 2.24) is 0 Å². The van der Waals surface area contributed by atoms with Crippen LogP contribution in [0.15, 0.2) is 12.1 Å². The van der Waals surface area contributed by atoms with Crippen molar-refractivity contribution in [3.05, 3.63) is 21.9 Å². The van der Waals surface area contributed by atoms with Crippen molar-refractivity contribution < 1.29 is 10.2 Å². The zero-order valence-corrected chi connectivity index (χ0v) is 10.6. The number of aliphatic hydroxyl groups is 2. The summed E-state index contributed by atoms with van der Waals surface area (Å²) < 4.78 is 0. The highest BCUT2D eigenvalue weighted by molar-refractivity contribution is 7.12. The molecule has 2 N–H and O–H groups in total. The quantitative estimate of drug-likeness (QED) is 0.779. The maximum atomic E-state index is 10.5. The van der Waals surface area contributed by atoms with Crippen LogP contribution in [0.3, 0.4) is 0 Å². The molecule has 0 radical (unpaired) electrons. The first-order valence-electron chi connectivity index (χ1n) is 6.09. The predicted molar refractivity (Wildman–Crippen MR) is 66.7 cm³/mol. The molecule has 2 nitrogen and oxygen atoms in total. The Morgan fingerprint density at radius 1 is 1.19 bits per heavy atom. The van der Waals surface area contributed by atoms with Gasteiger partial charge in [0.2, 0.25) is 0 Å². The molecule has 0 aliphatic heterocycles. The lowest BCUT2D eigenvalue weighted by atomic mass is 9.87. The number of aryl methyl sites for hydroxylation is 1. The van der Waals surface area contributed by atoms with Crippen molar-refractivity contribution in [2.24, 2.45) is 0 Å². The van der Waals surface area contributed by atoms with Crippen LogP contribution in [-0.2, 0) is 0 Å². The van der Waals surface area contributed by atoms with Gasteiger partial charge in [0.15, 0.2) is 0 Å². The normalized spacial score (nSPS) is 22.7. The fraction of sp³-hybridized carbons (Fsp3) is 0.692. The van der Waals surface area contributed by atoms with E-state index in [0.717, 1.165) is 30.6 Å². The van der Waals surface area contributed by atoms with E-state index in [2.05, 4.69) is 0 Å². The molecule has 0 aromatic carbocycles. The van der Waals surface area contributed by atoms with E-state index in [1.165, 1.54) is 17.7 Å². The van der Waals surface area contributed by atoms with Crippen LogP contribution in [0.25, 0.3) is 0 Å². The first kappa shape index (κ1) is 12.1. The molecule has 2 rings (SSSR count). The van der Waals surface area contributed by atoms with Gasteiger partial charge in [-0.05, 0) is 31.9 Å². The SMILES string of the molecule is Cc1ccc(C(O)C2(O)CCCCCC2)s1. The van der Waals surface area contributed by atoms with Crippen molar-refractivity contribution in [2.45, 2.75) is 57.2 Å². The molecule has 1 aliphatic carbocycles. The molecule has 0 spiro atoms. The second-order valence-electron chi connectivity index (χ2n) is 4.87. The molecule has 1 saturated carbocycles. The van der Waals surface area contributed by atoms with E-state index in [4.69, 9.17) is 0 Å². The molecule has 0 bridgehead atoms. The van der Waals surface area contributed by atoms with Gasteiger partial charge in [-0.1, -0.05) is 25.7 Å². The molecule has 0 amide bonds. The monoisotopic (exact) mass is 240 g/mol. The Balaban J connectivity index is 2.15. The molecule has 1 aromatic rings. The molecule has 1 aliphatic rings. The molecule has 3 heteroatoms. The molecule has 1 aromatic heterocycles. The first-order valence-corrected chi connectivity index (χ1v) is 6.90. The van der Waals surface area contributed by atoms with Crippen LogP contribution >= 0.6 is 11.3 Å². The van der Waals surface area contributed by atoms with Crippen molar-refractivity contribution >= 4 is 11.3 Å². The van der Waals surface area contributed by atoms with E-state index in [9.17, 15) is 10.2 Å². The summed E-state index contributed by atoms with van der Waals surface area (Å²) in [6.45, 7) is 2.03. The van der Waals surface area contributed by atoms with Crippen LogP contribution in [0.5, 0.6) is 0 Å². The lowest BCUT2D eigenvalue weighted by Gasteiger charge is -2.31. The van der Waals surface area contributed by atoms with Crippen LogP contribution in [0.1, 0.15) is 54.4 Å². The molecule has 16 heavy (non-hydrogen) atoms. The summed E-state index contributed by atoms with van der Waals surface area (Å²) in [4.78, 5) is 2.09. The van der Waals surface area contributed by atoms with E-state index in [-0.39, 0.29) is 0 Å². The zero-order chi connectivity index (χ0) is 11.6. The molecule has 90 valence electrons. The molecular weight excluding hydrogens is 220 g/mol. The molecule has 1 heterocycles. The Morgan fingerprint density at radius 2 is 1.81 bits per heavy atom. The summed E-state index contributed by atoms with van der Waals surface area (Å²) in [5.41, 5.74) is -0.895. The number of rotatable bonds is 2. The van der Waals surface area contributed by atoms with Gasteiger partial charge in [-0.15, -0.1) is 11.3 Å². The summed E-state index contributed by atoms with van der Waals surface area (Å²) in [6.07, 6.45) is 5.16. The van der Waals surface area contributed by atoms with Crippen molar-refractivity contribution in [2.75, 3.05) is 0 Å². The number of hydrogen-bond acceptors (Lipinski definition) is 3. The van der Waals surface area contributed by atoms with Gasteiger partial charge >= 0.3 is 0 Å². The molecule has 1 unspecified atom stereocenters. The minimum Gasteiger partial charge on any atom is -0.387 e. The zero-order valence-electron chi connectivity index (χ0n) is 9.78. The summed E-state index contributed by atoms with van der Waals surface area (Å²) >= 11 is 1.58. The summed E-state index contributed by atoms with van der Waals surface area (Å²) in [6, 6.07) is 3.94. The van der Waals surface area contributed by atoms with Gasteiger partial charge in [0.05, 0.1) is 5.60 Å². The Bertz CT molecular complexity index is 337. The van der Waals surface area contributed by atoms with Gasteiger partial charge in [0.1, 0.15) is 6.10 Å². The van der Waals surface area contributed by atoms with Gasteiger partial charge in [-0.25, -0.2) is 0 Å². The van der Waals surface area contributed by atoms with Gasteiger partial charge < -0.3 is 10.2 Å². The van der Waals surface area contributed by atoms with Crippen molar-refractivity contribution in [1.29, 1.82) is 0 Å². The Labute approximate surface area is 101 Å². The lowest BCUT2D eigenvalue weighted by molar-refractivity contribution is -0.0851. The smallest absolute Gasteiger partial charge is 0.117 e. The van der Waals surface area contributed by atoms with Gasteiger partial charge in [-0.3, -0.25) is 0 Å². The van der Waals surface area contributed by atoms with Crippen LogP contribution in [0.4, 0.5) is 0 Å². The summed E-state index contributed by atoms with van der Waals surface area (Å²) in [5.74, 6) is 0. The average molecular weight is 240 g/mol. The highest BCUT2D eigenvalue weighted by Gasteiger charge is 2.37. The molecule has 1 atom stereocenters. The van der Waals surface area contributed by atoms with Crippen LogP contribution in [0.2, 0.25) is 0 Å². The van der Waals surface area contributed by atoms with Crippen LogP contribution in [0, 0.1) is 6.92 Å². The number of aliphatic hydroxyl groups excluding tert-OH is 1. The predicted octanol–water partition coefficient (Wildman–Crippen LogP) is 3.18. The minimum absolute atomic E-state index is 0.704. The standard InChI is InChI=1S/C13H20O2S/c1-10-6-7-11(16-10)12(14)13(15)8-4-2-3-5-9-13/h6-7,12,14-15H,2-5,8-9H2,1H3. The molecular formula is C13H20O2S. The third kappa shape index (κ3) is 2.47. The lowest BCUT2D eigenvalue weighted by Crippen LogP contribution is -2.35. The van der Waals surface area contributed by atoms with E-state index in [1.54, 1.807) is 11.3 Å². The van der Waals surface area contributed by atoms with Crippen LogP contribution < -0.4 is 0 Å². The third-order valence-electron chi connectivity index (χ3n) is 3.51. The Morgan fingerprint density at radius 3 is 2.31 bits per heavy atom. The fourth-order valence-electron chi connectivity index (χ4n) is 2.48. The third-order valence-corrected chi connectivity index (χ3v) is 4.56. The second-order valence-corrected chi connectivity index (χ2v) is 6.19. The summed E-state index contributed by atoms with van der Waals surface area (Å²) in [7, 11) is 0. The maximum Gasteiger partial charge on any atom is 0.117 e. The average Bonchev–Trinajstić information content (AvgIpc) is 2.56. The Hall–Kier alpha value is -0.380. The molecule has 0 saturated heterocycles. The van der Waals surface area contributed by atoms with E-state index in [1.807, 2.05) is 19.1 Å². The number of hydrogen-bond donors (Lipinski definition) is 2. The van der Waals surface area contributed by atoms with Gasteiger partial charge in [0.25, 0.3) is 0 Å². The van der Waals surface area contributed by atoms with Crippen molar-refractivity contribution in [3.8, 4) is 0 Å². The largest absolute Gasteiger partial charge is 0.387 e. The highest BCUT2D eigenvalue weighted by atomic mass is 32.1. The van der Waals surface area contributed by atoms with Crippen molar-refractivity contribution in [3.63, 3.8) is 0 Å². The van der Waals surface area contributed by atoms with Gasteiger partial charge in [0, 0.05) is 9.75 Å². The van der Waals surface area contributed by atoms with E-state index < -0.39 is 11.7 Å². The Kier molecular flexibility index (Phi) is 3.67. The fourth-order valence-corrected chi connectivity index (χ4v) is 3.45. The number of thiophene rings is 1. The topological polar surface area (TPSA) is 40.5 Å². The minimum atomic E-state index is -0.895. The van der Waals surface area contributed by atoms with Gasteiger partial charge in [-0.2, -0.15) is 0 Å². The van der Waals surface area contributed by atoms with E-state index >= 15 is 0 Å². The maximum absolute atomic E-state index is 10.5. The molecule has 1 fully saturated rings. The summed E-state index contributed by atoms with van der Waals surface area (Å²) in [5, 5.41) is 20.8.